The molecule has 1 aromatic heterocycles. The Hall–Kier alpha value is -2.83. The summed E-state index contributed by atoms with van der Waals surface area (Å²) in [5.41, 5.74) is 1.12. The summed E-state index contributed by atoms with van der Waals surface area (Å²) in [7, 11) is 1.57. The summed E-state index contributed by atoms with van der Waals surface area (Å²) in [5.74, 6) is 0.319. The first-order valence-electron chi connectivity index (χ1n) is 8.38. The van der Waals surface area contributed by atoms with E-state index in [1.165, 1.54) is 4.90 Å². The standard InChI is InChI=1S/C20H19ClN2O4/c1-27-15-6-7-18-13(11-15)10-14(19(25)22-18)12-23(8-9-24)20(26)16-4-2-3-5-17(16)21/h2-7,10-11,24H,8-9,12H2,1H3,(H,22,25). The van der Waals surface area contributed by atoms with E-state index in [1.54, 1.807) is 55.6 Å². The number of amides is 1. The van der Waals surface area contributed by atoms with Crippen LogP contribution < -0.4 is 10.3 Å². The second-order valence-corrected chi connectivity index (χ2v) is 6.41. The lowest BCUT2D eigenvalue weighted by Crippen LogP contribution is -2.35. The molecule has 140 valence electrons. The maximum absolute atomic E-state index is 12.8. The van der Waals surface area contributed by atoms with Crippen molar-refractivity contribution in [1.82, 2.24) is 9.88 Å². The molecular weight excluding hydrogens is 368 g/mol. The SMILES string of the molecule is COc1ccc2[nH]c(=O)c(CN(CCO)C(=O)c3ccccc3Cl)cc2c1. The van der Waals surface area contributed by atoms with Gasteiger partial charge in [-0.1, -0.05) is 23.7 Å². The van der Waals surface area contributed by atoms with Crippen molar-refractivity contribution in [1.29, 1.82) is 0 Å². The molecule has 0 fully saturated rings. The van der Waals surface area contributed by atoms with Crippen LogP contribution in [0.15, 0.2) is 53.3 Å². The fourth-order valence-corrected chi connectivity index (χ4v) is 3.07. The number of nitrogens with zero attached hydrogens (tertiary/aromatic N) is 1. The summed E-state index contributed by atoms with van der Waals surface area (Å²) in [6, 6.07) is 13.7. The molecule has 3 aromatic rings. The highest BCUT2D eigenvalue weighted by Crippen LogP contribution is 2.21. The Balaban J connectivity index is 1.96. The molecule has 1 heterocycles. The lowest BCUT2D eigenvalue weighted by molar-refractivity contribution is 0.0707. The number of carbonyl (C=O) groups is 1. The number of rotatable bonds is 6. The van der Waals surface area contributed by atoms with Gasteiger partial charge in [-0.25, -0.2) is 0 Å². The van der Waals surface area contributed by atoms with Crippen LogP contribution in [-0.2, 0) is 6.54 Å². The number of pyridine rings is 1. The number of nitrogens with one attached hydrogen (secondary N) is 1. The van der Waals surface area contributed by atoms with Crippen LogP contribution in [-0.4, -0.2) is 41.2 Å². The molecule has 0 atom stereocenters. The van der Waals surface area contributed by atoms with Gasteiger partial charge in [0.2, 0.25) is 0 Å². The largest absolute Gasteiger partial charge is 0.497 e. The van der Waals surface area contributed by atoms with Crippen LogP contribution in [0.4, 0.5) is 0 Å². The van der Waals surface area contributed by atoms with Crippen molar-refractivity contribution < 1.29 is 14.6 Å². The van der Waals surface area contributed by atoms with Crippen LogP contribution in [0.2, 0.25) is 5.02 Å². The highest BCUT2D eigenvalue weighted by Gasteiger charge is 2.19. The van der Waals surface area contributed by atoms with Crippen LogP contribution in [0.1, 0.15) is 15.9 Å². The van der Waals surface area contributed by atoms with E-state index in [9.17, 15) is 14.7 Å². The van der Waals surface area contributed by atoms with E-state index in [-0.39, 0.29) is 31.2 Å². The Bertz CT molecular complexity index is 1030. The van der Waals surface area contributed by atoms with Gasteiger partial charge in [0.05, 0.1) is 30.8 Å². The lowest BCUT2D eigenvalue weighted by Gasteiger charge is -2.22. The molecule has 0 radical (unpaired) electrons. The van der Waals surface area contributed by atoms with E-state index in [1.807, 2.05) is 0 Å². The predicted octanol–water partition coefficient (Wildman–Crippen LogP) is 2.82. The molecule has 2 N–H and O–H groups in total. The van der Waals surface area contributed by atoms with Gasteiger partial charge in [0.15, 0.2) is 0 Å². The van der Waals surface area contributed by atoms with Gasteiger partial charge in [-0.3, -0.25) is 9.59 Å². The third-order valence-electron chi connectivity index (χ3n) is 4.25. The molecule has 0 aliphatic carbocycles. The van der Waals surface area contributed by atoms with E-state index < -0.39 is 0 Å². The molecule has 6 nitrogen and oxygen atoms in total. The normalized spacial score (nSPS) is 10.8. The molecule has 0 aliphatic rings. The molecule has 1 amide bonds. The van der Waals surface area contributed by atoms with Gasteiger partial charge >= 0.3 is 0 Å². The molecule has 0 aliphatic heterocycles. The number of H-pyrrole nitrogens is 1. The third-order valence-corrected chi connectivity index (χ3v) is 4.58. The van der Waals surface area contributed by atoms with Gasteiger partial charge in [0, 0.05) is 23.0 Å². The zero-order valence-electron chi connectivity index (χ0n) is 14.7. The van der Waals surface area contributed by atoms with Gasteiger partial charge in [-0.15, -0.1) is 0 Å². The maximum Gasteiger partial charge on any atom is 0.255 e. The summed E-state index contributed by atoms with van der Waals surface area (Å²) in [4.78, 5) is 29.5. The molecule has 0 saturated carbocycles. The number of halogens is 1. The highest BCUT2D eigenvalue weighted by molar-refractivity contribution is 6.33. The number of ether oxygens (including phenoxy) is 1. The van der Waals surface area contributed by atoms with E-state index in [0.29, 0.717) is 27.4 Å². The minimum atomic E-state index is -0.347. The molecule has 27 heavy (non-hydrogen) atoms. The fraction of sp³-hybridized carbons (Fsp3) is 0.200. The first kappa shape index (κ1) is 18.9. The van der Waals surface area contributed by atoms with Crippen molar-refractivity contribution in [2.45, 2.75) is 6.54 Å². The molecule has 0 bridgehead atoms. The van der Waals surface area contributed by atoms with Crippen molar-refractivity contribution in [3.05, 3.63) is 75.0 Å². The quantitative estimate of drug-likeness (QED) is 0.682. The lowest BCUT2D eigenvalue weighted by atomic mass is 10.1. The van der Waals surface area contributed by atoms with Crippen molar-refractivity contribution in [2.24, 2.45) is 0 Å². The zero-order valence-corrected chi connectivity index (χ0v) is 15.5. The van der Waals surface area contributed by atoms with E-state index in [4.69, 9.17) is 16.3 Å². The minimum absolute atomic E-state index is 0.0487. The number of aliphatic hydroxyl groups excluding tert-OH is 1. The summed E-state index contributed by atoms with van der Waals surface area (Å²) in [6.07, 6.45) is 0. The van der Waals surface area contributed by atoms with Gasteiger partial charge < -0.3 is 19.7 Å². The number of aliphatic hydroxyl groups is 1. The molecular formula is C20H19ClN2O4. The topological polar surface area (TPSA) is 82.6 Å². The number of aromatic nitrogens is 1. The van der Waals surface area contributed by atoms with Crippen molar-refractivity contribution in [3.8, 4) is 5.75 Å². The van der Waals surface area contributed by atoms with Crippen molar-refractivity contribution >= 4 is 28.4 Å². The summed E-state index contributed by atoms with van der Waals surface area (Å²) < 4.78 is 5.22. The van der Waals surface area contributed by atoms with Gasteiger partial charge in [-0.2, -0.15) is 0 Å². The Kier molecular flexibility index (Phi) is 5.78. The second kappa shape index (κ2) is 8.24. The Morgan fingerprint density at radius 2 is 2.00 bits per heavy atom. The number of hydrogen-bond donors (Lipinski definition) is 2. The molecule has 0 spiro atoms. The average Bonchev–Trinajstić information content (AvgIpc) is 2.67. The summed E-state index contributed by atoms with van der Waals surface area (Å²) in [5, 5.41) is 10.5. The fourth-order valence-electron chi connectivity index (χ4n) is 2.86. The summed E-state index contributed by atoms with van der Waals surface area (Å²) >= 11 is 6.12. The number of methoxy groups -OCH3 is 1. The van der Waals surface area contributed by atoms with E-state index in [2.05, 4.69) is 4.98 Å². The minimum Gasteiger partial charge on any atom is -0.497 e. The van der Waals surface area contributed by atoms with Crippen LogP contribution >= 0.6 is 11.6 Å². The van der Waals surface area contributed by atoms with Crippen molar-refractivity contribution in [2.75, 3.05) is 20.3 Å². The van der Waals surface area contributed by atoms with Gasteiger partial charge in [-0.05, 0) is 36.4 Å². The van der Waals surface area contributed by atoms with Gasteiger partial charge in [0.25, 0.3) is 11.5 Å². The Labute approximate surface area is 161 Å². The molecule has 7 heteroatoms. The molecule has 0 saturated heterocycles. The van der Waals surface area contributed by atoms with Crippen LogP contribution in [0.5, 0.6) is 5.75 Å². The monoisotopic (exact) mass is 386 g/mol. The Morgan fingerprint density at radius 1 is 1.22 bits per heavy atom. The predicted molar refractivity (Wildman–Crippen MR) is 104 cm³/mol. The molecule has 3 rings (SSSR count). The first-order valence-corrected chi connectivity index (χ1v) is 8.76. The summed E-state index contributed by atoms with van der Waals surface area (Å²) in [6.45, 7) is -0.0950. The number of hydrogen-bond acceptors (Lipinski definition) is 4. The number of aromatic amines is 1. The van der Waals surface area contributed by atoms with Crippen molar-refractivity contribution in [3.63, 3.8) is 0 Å². The Morgan fingerprint density at radius 3 is 2.70 bits per heavy atom. The maximum atomic E-state index is 12.8. The highest BCUT2D eigenvalue weighted by atomic mass is 35.5. The third kappa shape index (κ3) is 4.13. The van der Waals surface area contributed by atoms with Crippen LogP contribution in [0.25, 0.3) is 10.9 Å². The molecule has 0 unspecified atom stereocenters. The smallest absolute Gasteiger partial charge is 0.255 e. The zero-order chi connectivity index (χ0) is 19.4. The average molecular weight is 387 g/mol. The number of benzene rings is 2. The first-order chi connectivity index (χ1) is 13.0. The van der Waals surface area contributed by atoms with Crippen LogP contribution in [0.3, 0.4) is 0 Å². The van der Waals surface area contributed by atoms with Gasteiger partial charge in [0.1, 0.15) is 5.75 Å². The molecule has 2 aromatic carbocycles. The van der Waals surface area contributed by atoms with Crippen LogP contribution in [0, 0.1) is 0 Å². The number of carbonyl (C=O) groups excluding carboxylic acids is 1. The van der Waals surface area contributed by atoms with E-state index in [0.717, 1.165) is 5.39 Å². The van der Waals surface area contributed by atoms with E-state index >= 15 is 0 Å². The second-order valence-electron chi connectivity index (χ2n) is 6.01. The number of fused-ring (bicyclic) bond motifs is 1.